The topological polar surface area (TPSA) is 67.3 Å². The van der Waals surface area contributed by atoms with Gasteiger partial charge in [0, 0.05) is 17.5 Å². The highest BCUT2D eigenvalue weighted by Crippen LogP contribution is 2.25. The Labute approximate surface area is 159 Å². The molecular formula is C19H24N2O3S2. The molecule has 0 radical (unpaired) electrons. The van der Waals surface area contributed by atoms with E-state index in [1.165, 1.54) is 11.8 Å². The molecule has 140 valence electrons. The third-order valence-electron chi connectivity index (χ3n) is 4.87. The van der Waals surface area contributed by atoms with Gasteiger partial charge in [-0.05, 0) is 31.9 Å². The molecule has 1 amide bonds. The molecule has 1 aliphatic rings. The number of hydrogen-bond donors (Lipinski definition) is 0. The summed E-state index contributed by atoms with van der Waals surface area (Å²) in [4.78, 5) is 19.2. The van der Waals surface area contributed by atoms with Crippen molar-refractivity contribution < 1.29 is 13.2 Å². The van der Waals surface area contributed by atoms with Gasteiger partial charge in [-0.3, -0.25) is 4.79 Å². The SMILES string of the molecule is CC[C@H](C)N(C(=O)CSc1ccc2ccccc2n1)[C@@H]1CCS(=O)(=O)C1. The van der Waals surface area contributed by atoms with Gasteiger partial charge >= 0.3 is 0 Å². The van der Waals surface area contributed by atoms with Crippen LogP contribution in [0.5, 0.6) is 0 Å². The average Bonchev–Trinajstić information content (AvgIpc) is 2.99. The summed E-state index contributed by atoms with van der Waals surface area (Å²) in [5, 5.41) is 1.88. The van der Waals surface area contributed by atoms with Crippen LogP contribution in [0.2, 0.25) is 0 Å². The van der Waals surface area contributed by atoms with Crippen molar-refractivity contribution in [3.8, 4) is 0 Å². The van der Waals surface area contributed by atoms with Gasteiger partial charge in [-0.2, -0.15) is 0 Å². The van der Waals surface area contributed by atoms with Crippen LogP contribution in [0.3, 0.4) is 0 Å². The van der Waals surface area contributed by atoms with Crippen molar-refractivity contribution >= 4 is 38.4 Å². The summed E-state index contributed by atoms with van der Waals surface area (Å²) in [5.74, 6) is 0.521. The van der Waals surface area contributed by atoms with Crippen molar-refractivity contribution in [1.82, 2.24) is 9.88 Å². The van der Waals surface area contributed by atoms with Crippen LogP contribution in [0.4, 0.5) is 0 Å². The molecule has 0 spiro atoms. The van der Waals surface area contributed by atoms with Crippen LogP contribution in [0.15, 0.2) is 41.4 Å². The van der Waals surface area contributed by atoms with Crippen molar-refractivity contribution in [2.24, 2.45) is 0 Å². The molecule has 3 rings (SSSR count). The monoisotopic (exact) mass is 392 g/mol. The molecule has 1 aromatic heterocycles. The summed E-state index contributed by atoms with van der Waals surface area (Å²) in [5.41, 5.74) is 0.908. The number of pyridine rings is 1. The molecule has 1 aromatic carbocycles. The molecule has 2 heterocycles. The first-order chi connectivity index (χ1) is 12.4. The summed E-state index contributed by atoms with van der Waals surface area (Å²) >= 11 is 1.41. The highest BCUT2D eigenvalue weighted by molar-refractivity contribution is 7.99. The van der Waals surface area contributed by atoms with E-state index in [-0.39, 0.29) is 35.2 Å². The standard InChI is InChI=1S/C19H24N2O3S2/c1-3-14(2)21(16-10-11-26(23,24)13-16)19(22)12-25-18-9-8-15-6-4-5-7-17(15)20-18/h4-9,14,16H,3,10-13H2,1-2H3/t14-,16+/m0/s1. The van der Waals surface area contributed by atoms with Crippen molar-refractivity contribution in [3.05, 3.63) is 36.4 Å². The lowest BCUT2D eigenvalue weighted by molar-refractivity contribution is -0.132. The van der Waals surface area contributed by atoms with Crippen LogP contribution in [-0.4, -0.2) is 53.6 Å². The van der Waals surface area contributed by atoms with Crippen LogP contribution in [0.25, 0.3) is 10.9 Å². The molecule has 0 saturated carbocycles. The Morgan fingerprint density at radius 3 is 2.77 bits per heavy atom. The fourth-order valence-electron chi connectivity index (χ4n) is 3.34. The summed E-state index contributed by atoms with van der Waals surface area (Å²) in [6.45, 7) is 4.01. The number of nitrogens with zero attached hydrogens (tertiary/aromatic N) is 2. The molecule has 1 aliphatic heterocycles. The first-order valence-electron chi connectivity index (χ1n) is 8.90. The van der Waals surface area contributed by atoms with Gasteiger partial charge < -0.3 is 4.90 Å². The zero-order chi connectivity index (χ0) is 18.7. The minimum absolute atomic E-state index is 0.0126. The Kier molecular flexibility index (Phi) is 5.87. The molecule has 0 N–H and O–H groups in total. The van der Waals surface area contributed by atoms with Gasteiger partial charge in [0.2, 0.25) is 5.91 Å². The second-order valence-electron chi connectivity index (χ2n) is 6.75. The Balaban J connectivity index is 1.70. The normalized spacial score (nSPS) is 20.2. The van der Waals surface area contributed by atoms with Gasteiger partial charge in [-0.25, -0.2) is 13.4 Å². The predicted octanol–water partition coefficient (Wildman–Crippen LogP) is 3.14. The molecule has 1 saturated heterocycles. The second kappa shape index (κ2) is 7.96. The smallest absolute Gasteiger partial charge is 0.233 e. The number of amides is 1. The molecule has 5 nitrogen and oxygen atoms in total. The molecular weight excluding hydrogens is 368 g/mol. The lowest BCUT2D eigenvalue weighted by atomic mass is 10.1. The summed E-state index contributed by atoms with van der Waals surface area (Å²) < 4.78 is 23.7. The molecule has 0 aliphatic carbocycles. The number of aromatic nitrogens is 1. The fourth-order valence-corrected chi connectivity index (χ4v) is 5.80. The average molecular weight is 393 g/mol. The zero-order valence-corrected chi connectivity index (χ0v) is 16.7. The second-order valence-corrected chi connectivity index (χ2v) is 9.97. The van der Waals surface area contributed by atoms with Gasteiger partial charge in [-0.1, -0.05) is 43.0 Å². The number of para-hydroxylation sites is 1. The Morgan fingerprint density at radius 1 is 1.31 bits per heavy atom. The molecule has 2 aromatic rings. The van der Waals surface area contributed by atoms with E-state index in [2.05, 4.69) is 4.98 Å². The highest BCUT2D eigenvalue weighted by Gasteiger charge is 2.36. The number of thioether (sulfide) groups is 1. The van der Waals surface area contributed by atoms with E-state index in [9.17, 15) is 13.2 Å². The van der Waals surface area contributed by atoms with E-state index >= 15 is 0 Å². The Hall–Kier alpha value is -1.60. The van der Waals surface area contributed by atoms with Crippen LogP contribution in [0.1, 0.15) is 26.7 Å². The number of carbonyl (C=O) groups excluding carboxylic acids is 1. The summed E-state index contributed by atoms with van der Waals surface area (Å²) in [6, 6.07) is 11.6. The number of benzene rings is 1. The van der Waals surface area contributed by atoms with E-state index in [4.69, 9.17) is 0 Å². The Morgan fingerprint density at radius 2 is 2.08 bits per heavy atom. The minimum Gasteiger partial charge on any atom is -0.335 e. The van der Waals surface area contributed by atoms with E-state index in [1.807, 2.05) is 50.2 Å². The van der Waals surface area contributed by atoms with Gasteiger partial charge in [-0.15, -0.1) is 0 Å². The number of fused-ring (bicyclic) bond motifs is 1. The van der Waals surface area contributed by atoms with Crippen LogP contribution < -0.4 is 0 Å². The number of sulfone groups is 1. The van der Waals surface area contributed by atoms with Gasteiger partial charge in [0.25, 0.3) is 0 Å². The molecule has 0 unspecified atom stereocenters. The van der Waals surface area contributed by atoms with Crippen molar-refractivity contribution in [2.75, 3.05) is 17.3 Å². The highest BCUT2D eigenvalue weighted by atomic mass is 32.2. The van der Waals surface area contributed by atoms with E-state index < -0.39 is 9.84 Å². The minimum atomic E-state index is -3.02. The quantitative estimate of drug-likeness (QED) is 0.707. The first-order valence-corrected chi connectivity index (χ1v) is 11.7. The van der Waals surface area contributed by atoms with Crippen molar-refractivity contribution in [3.63, 3.8) is 0 Å². The molecule has 26 heavy (non-hydrogen) atoms. The van der Waals surface area contributed by atoms with Crippen molar-refractivity contribution in [1.29, 1.82) is 0 Å². The van der Waals surface area contributed by atoms with E-state index in [0.29, 0.717) is 6.42 Å². The lowest BCUT2D eigenvalue weighted by Gasteiger charge is -2.33. The fraction of sp³-hybridized carbons (Fsp3) is 0.474. The summed E-state index contributed by atoms with van der Waals surface area (Å²) in [6.07, 6.45) is 1.35. The number of hydrogen-bond acceptors (Lipinski definition) is 5. The molecule has 2 atom stereocenters. The van der Waals surface area contributed by atoms with Gasteiger partial charge in [0.15, 0.2) is 9.84 Å². The molecule has 1 fully saturated rings. The van der Waals surface area contributed by atoms with Crippen molar-refractivity contribution in [2.45, 2.75) is 43.8 Å². The van der Waals surface area contributed by atoms with E-state index in [1.54, 1.807) is 4.90 Å². The van der Waals surface area contributed by atoms with Crippen LogP contribution in [0, 0.1) is 0 Å². The predicted molar refractivity (Wildman–Crippen MR) is 106 cm³/mol. The Bertz CT molecular complexity index is 899. The maximum absolute atomic E-state index is 12.9. The van der Waals surface area contributed by atoms with Crippen LogP contribution >= 0.6 is 11.8 Å². The summed E-state index contributed by atoms with van der Waals surface area (Å²) in [7, 11) is -3.02. The largest absolute Gasteiger partial charge is 0.335 e. The maximum atomic E-state index is 12.9. The maximum Gasteiger partial charge on any atom is 0.233 e. The molecule has 0 bridgehead atoms. The number of rotatable bonds is 6. The third kappa shape index (κ3) is 4.38. The lowest BCUT2D eigenvalue weighted by Crippen LogP contribution is -2.47. The van der Waals surface area contributed by atoms with Crippen LogP contribution in [-0.2, 0) is 14.6 Å². The number of carbonyl (C=O) groups is 1. The van der Waals surface area contributed by atoms with E-state index in [0.717, 1.165) is 22.3 Å². The molecule has 7 heteroatoms. The third-order valence-corrected chi connectivity index (χ3v) is 7.54. The zero-order valence-electron chi connectivity index (χ0n) is 15.1. The van der Waals surface area contributed by atoms with Gasteiger partial charge in [0.1, 0.15) is 0 Å². The first kappa shape index (κ1) is 19.2. The van der Waals surface area contributed by atoms with Gasteiger partial charge in [0.05, 0.1) is 27.8 Å².